The van der Waals surface area contributed by atoms with Crippen molar-refractivity contribution in [3.05, 3.63) is 65.7 Å². The summed E-state index contributed by atoms with van der Waals surface area (Å²) >= 11 is 0. The SMILES string of the molecule is O=C(NOc1cccc(C(F)(F)F)c1)c1ccccc1. The van der Waals surface area contributed by atoms with Crippen LogP contribution in [0.15, 0.2) is 54.6 Å². The normalized spacial score (nSPS) is 10.9. The molecule has 0 aliphatic rings. The van der Waals surface area contributed by atoms with E-state index in [1.54, 1.807) is 30.3 Å². The molecule has 1 amide bonds. The van der Waals surface area contributed by atoms with Gasteiger partial charge in [-0.15, -0.1) is 0 Å². The molecule has 0 aliphatic carbocycles. The number of rotatable bonds is 3. The molecule has 0 aliphatic heterocycles. The molecule has 2 aromatic rings. The van der Waals surface area contributed by atoms with Crippen molar-refractivity contribution in [1.29, 1.82) is 0 Å². The molecule has 0 fully saturated rings. The number of amides is 1. The third kappa shape index (κ3) is 3.50. The molecule has 0 unspecified atom stereocenters. The van der Waals surface area contributed by atoms with Gasteiger partial charge in [-0.1, -0.05) is 24.3 Å². The van der Waals surface area contributed by atoms with Crippen LogP contribution in [0.3, 0.4) is 0 Å². The van der Waals surface area contributed by atoms with Crippen molar-refractivity contribution in [3.63, 3.8) is 0 Å². The maximum absolute atomic E-state index is 12.5. The van der Waals surface area contributed by atoms with Crippen LogP contribution in [0.1, 0.15) is 15.9 Å². The Morgan fingerprint density at radius 1 is 1.00 bits per heavy atom. The lowest BCUT2D eigenvalue weighted by Gasteiger charge is -2.10. The molecule has 0 aromatic heterocycles. The first-order valence-corrected chi connectivity index (χ1v) is 5.66. The van der Waals surface area contributed by atoms with Crippen LogP contribution in [0.25, 0.3) is 0 Å². The Balaban J connectivity index is 2.03. The zero-order valence-electron chi connectivity index (χ0n) is 10.1. The topological polar surface area (TPSA) is 38.3 Å². The minimum absolute atomic E-state index is 0.0934. The Morgan fingerprint density at radius 3 is 2.35 bits per heavy atom. The van der Waals surface area contributed by atoms with Crippen LogP contribution in [0.2, 0.25) is 0 Å². The van der Waals surface area contributed by atoms with Crippen molar-refractivity contribution in [2.75, 3.05) is 0 Å². The van der Waals surface area contributed by atoms with Gasteiger partial charge < -0.3 is 4.84 Å². The van der Waals surface area contributed by atoms with Crippen molar-refractivity contribution >= 4 is 5.91 Å². The number of carbonyl (C=O) groups excluding carboxylic acids is 1. The van der Waals surface area contributed by atoms with Crippen molar-refractivity contribution < 1.29 is 22.8 Å². The van der Waals surface area contributed by atoms with Crippen molar-refractivity contribution in [3.8, 4) is 5.75 Å². The number of carbonyl (C=O) groups is 1. The Bertz CT molecular complexity index is 597. The summed E-state index contributed by atoms with van der Waals surface area (Å²) in [6, 6.07) is 12.4. The maximum atomic E-state index is 12.5. The lowest BCUT2D eigenvalue weighted by atomic mass is 10.2. The summed E-state index contributed by atoms with van der Waals surface area (Å²) in [5, 5.41) is 0. The summed E-state index contributed by atoms with van der Waals surface area (Å²) in [6.45, 7) is 0. The van der Waals surface area contributed by atoms with E-state index in [1.807, 2.05) is 0 Å². The molecule has 0 atom stereocenters. The van der Waals surface area contributed by atoms with Gasteiger partial charge in [-0.25, -0.2) is 0 Å². The monoisotopic (exact) mass is 281 g/mol. The molecule has 0 spiro atoms. The van der Waals surface area contributed by atoms with Crippen molar-refractivity contribution in [2.24, 2.45) is 0 Å². The molecule has 3 nitrogen and oxygen atoms in total. The second kappa shape index (κ2) is 5.64. The summed E-state index contributed by atoms with van der Waals surface area (Å²) in [7, 11) is 0. The molecule has 1 N–H and O–H groups in total. The fourth-order valence-electron chi connectivity index (χ4n) is 1.49. The van der Waals surface area contributed by atoms with Crippen LogP contribution in [0.4, 0.5) is 13.2 Å². The van der Waals surface area contributed by atoms with E-state index in [9.17, 15) is 18.0 Å². The minimum atomic E-state index is -4.46. The van der Waals surface area contributed by atoms with Gasteiger partial charge in [0.25, 0.3) is 5.91 Å². The number of nitrogens with one attached hydrogen (secondary N) is 1. The second-order valence-electron chi connectivity index (χ2n) is 3.92. The van der Waals surface area contributed by atoms with Crippen LogP contribution in [-0.4, -0.2) is 5.91 Å². The van der Waals surface area contributed by atoms with Crippen LogP contribution < -0.4 is 10.3 Å². The first-order chi connectivity index (χ1) is 9.47. The highest BCUT2D eigenvalue weighted by molar-refractivity contribution is 5.93. The van der Waals surface area contributed by atoms with E-state index < -0.39 is 17.6 Å². The number of halogens is 3. The number of alkyl halides is 3. The minimum Gasteiger partial charge on any atom is -0.379 e. The van der Waals surface area contributed by atoms with Gasteiger partial charge in [0, 0.05) is 5.56 Å². The molecule has 0 heterocycles. The fourth-order valence-corrected chi connectivity index (χ4v) is 1.49. The van der Waals surface area contributed by atoms with E-state index in [-0.39, 0.29) is 5.75 Å². The van der Waals surface area contributed by atoms with E-state index in [2.05, 4.69) is 5.48 Å². The standard InChI is InChI=1S/C14H10F3NO2/c15-14(16,17)11-7-4-8-12(9-11)20-18-13(19)10-5-2-1-3-6-10/h1-9H,(H,18,19). The first kappa shape index (κ1) is 13.9. The summed E-state index contributed by atoms with van der Waals surface area (Å²) in [4.78, 5) is 16.5. The smallest absolute Gasteiger partial charge is 0.379 e. The molecule has 0 radical (unpaired) electrons. The van der Waals surface area contributed by atoms with Gasteiger partial charge in [-0.05, 0) is 30.3 Å². The van der Waals surface area contributed by atoms with E-state index >= 15 is 0 Å². The van der Waals surface area contributed by atoms with E-state index in [1.165, 1.54) is 12.1 Å². The van der Waals surface area contributed by atoms with Crippen molar-refractivity contribution in [1.82, 2.24) is 5.48 Å². The highest BCUT2D eigenvalue weighted by Gasteiger charge is 2.30. The van der Waals surface area contributed by atoms with Gasteiger partial charge in [-0.2, -0.15) is 18.7 Å². The lowest BCUT2D eigenvalue weighted by Crippen LogP contribution is -2.27. The van der Waals surface area contributed by atoms with E-state index in [0.717, 1.165) is 12.1 Å². The Kier molecular flexibility index (Phi) is 3.93. The highest BCUT2D eigenvalue weighted by atomic mass is 19.4. The molecular formula is C14H10F3NO2. The molecular weight excluding hydrogens is 271 g/mol. The predicted molar refractivity (Wildman–Crippen MR) is 66.0 cm³/mol. The number of hydroxylamine groups is 1. The van der Waals surface area contributed by atoms with Gasteiger partial charge in [0.2, 0.25) is 0 Å². The van der Waals surface area contributed by atoms with Crippen molar-refractivity contribution in [2.45, 2.75) is 6.18 Å². The largest absolute Gasteiger partial charge is 0.416 e. The molecule has 20 heavy (non-hydrogen) atoms. The van der Waals surface area contributed by atoms with Gasteiger partial charge in [0.1, 0.15) is 0 Å². The average Bonchev–Trinajstić information content (AvgIpc) is 2.45. The number of hydrogen-bond donors (Lipinski definition) is 1. The van der Waals surface area contributed by atoms with Crippen LogP contribution in [0, 0.1) is 0 Å². The molecule has 2 aromatic carbocycles. The molecule has 0 saturated carbocycles. The van der Waals surface area contributed by atoms with Crippen LogP contribution >= 0.6 is 0 Å². The Morgan fingerprint density at radius 2 is 1.70 bits per heavy atom. The van der Waals surface area contributed by atoms with Gasteiger partial charge >= 0.3 is 6.18 Å². The molecule has 6 heteroatoms. The van der Waals surface area contributed by atoms with Crippen LogP contribution in [-0.2, 0) is 6.18 Å². The number of benzene rings is 2. The van der Waals surface area contributed by atoms with Crippen LogP contribution in [0.5, 0.6) is 5.75 Å². The third-order valence-electron chi connectivity index (χ3n) is 2.46. The molecule has 104 valence electrons. The summed E-state index contributed by atoms with van der Waals surface area (Å²) in [5.74, 6) is -0.632. The molecule has 0 bridgehead atoms. The molecule has 0 saturated heterocycles. The Labute approximate surface area is 112 Å². The van der Waals surface area contributed by atoms with E-state index in [0.29, 0.717) is 5.56 Å². The summed E-state index contributed by atoms with van der Waals surface area (Å²) in [6.07, 6.45) is -4.46. The van der Waals surface area contributed by atoms with Gasteiger partial charge in [-0.3, -0.25) is 4.79 Å². The average molecular weight is 281 g/mol. The quantitative estimate of drug-likeness (QED) is 0.875. The Hall–Kier alpha value is -2.50. The molecule has 2 rings (SSSR count). The zero-order valence-corrected chi connectivity index (χ0v) is 10.1. The first-order valence-electron chi connectivity index (χ1n) is 5.66. The third-order valence-corrected chi connectivity index (χ3v) is 2.46. The highest BCUT2D eigenvalue weighted by Crippen LogP contribution is 2.31. The summed E-state index contributed by atoms with van der Waals surface area (Å²) in [5.41, 5.74) is 1.59. The number of hydrogen-bond acceptors (Lipinski definition) is 2. The zero-order chi connectivity index (χ0) is 14.6. The summed E-state index contributed by atoms with van der Waals surface area (Å²) < 4.78 is 37.5. The van der Waals surface area contributed by atoms with Gasteiger partial charge in [0.05, 0.1) is 5.56 Å². The second-order valence-corrected chi connectivity index (χ2v) is 3.92. The van der Waals surface area contributed by atoms with E-state index in [4.69, 9.17) is 4.84 Å². The lowest BCUT2D eigenvalue weighted by molar-refractivity contribution is -0.137. The predicted octanol–water partition coefficient (Wildman–Crippen LogP) is 3.43. The fraction of sp³-hybridized carbons (Fsp3) is 0.0714. The van der Waals surface area contributed by atoms with Gasteiger partial charge in [0.15, 0.2) is 5.75 Å². The maximum Gasteiger partial charge on any atom is 0.416 e.